The molecule has 0 saturated carbocycles. The number of aliphatic imine (C=N–C) groups is 2. The molecule has 0 fully saturated rings. The van der Waals surface area contributed by atoms with Crippen LogP contribution in [-0.4, -0.2) is 11.6 Å². The topological polar surface area (TPSA) is 34.0 Å². The van der Waals surface area contributed by atoms with Crippen molar-refractivity contribution < 1.29 is 4.74 Å². The van der Waals surface area contributed by atoms with Crippen molar-refractivity contribution in [3.63, 3.8) is 0 Å². The maximum Gasteiger partial charge on any atom is 0.246 e. The Bertz CT molecular complexity index is 1410. The highest BCUT2D eigenvalue weighted by Gasteiger charge is 2.24. The number of benzene rings is 4. The summed E-state index contributed by atoms with van der Waals surface area (Å²) < 4.78 is 6.34. The molecule has 0 radical (unpaired) electrons. The molecule has 4 aromatic rings. The van der Waals surface area contributed by atoms with Gasteiger partial charge in [0.2, 0.25) is 5.90 Å². The molecule has 3 nitrogen and oxygen atoms in total. The normalized spacial score (nSPS) is 15.4. The Morgan fingerprint density at radius 2 is 1.09 bits per heavy atom. The predicted molar refractivity (Wildman–Crippen MR) is 142 cm³/mol. The number of hydrogen-bond acceptors (Lipinski definition) is 3. The summed E-state index contributed by atoms with van der Waals surface area (Å²) in [7, 11) is 0. The van der Waals surface area contributed by atoms with E-state index in [9.17, 15) is 0 Å². The van der Waals surface area contributed by atoms with Crippen LogP contribution in [0.15, 0.2) is 113 Å². The van der Waals surface area contributed by atoms with Crippen molar-refractivity contribution in [2.45, 2.75) is 20.8 Å². The van der Waals surface area contributed by atoms with Crippen LogP contribution in [0, 0.1) is 20.8 Å². The van der Waals surface area contributed by atoms with Gasteiger partial charge in [-0.3, -0.25) is 0 Å². The van der Waals surface area contributed by atoms with Crippen molar-refractivity contribution in [1.29, 1.82) is 0 Å². The summed E-state index contributed by atoms with van der Waals surface area (Å²) in [5.74, 6) is 1.26. The van der Waals surface area contributed by atoms with E-state index in [1.54, 1.807) is 0 Å². The quantitative estimate of drug-likeness (QED) is 0.314. The minimum absolute atomic E-state index is 0.507. The van der Waals surface area contributed by atoms with Crippen LogP contribution in [0.1, 0.15) is 22.3 Å². The van der Waals surface area contributed by atoms with Gasteiger partial charge in [0.15, 0.2) is 0 Å². The van der Waals surface area contributed by atoms with Crippen LogP contribution < -0.4 is 0 Å². The lowest BCUT2D eigenvalue weighted by Crippen LogP contribution is -2.08. The summed E-state index contributed by atoms with van der Waals surface area (Å²) >= 11 is 0. The van der Waals surface area contributed by atoms with Gasteiger partial charge >= 0.3 is 0 Å². The Morgan fingerprint density at radius 3 is 1.74 bits per heavy atom. The number of rotatable bonds is 4. The highest BCUT2D eigenvalue weighted by Crippen LogP contribution is 2.35. The van der Waals surface area contributed by atoms with E-state index in [1.807, 2.05) is 54.6 Å². The van der Waals surface area contributed by atoms with Gasteiger partial charge in [-0.15, -0.1) is 0 Å². The van der Waals surface area contributed by atoms with E-state index in [0.29, 0.717) is 5.90 Å². The minimum atomic E-state index is 0.507. The molecule has 0 saturated heterocycles. The summed E-state index contributed by atoms with van der Waals surface area (Å²) in [6, 6.07) is 32.9. The third kappa shape index (κ3) is 4.33. The fourth-order valence-electron chi connectivity index (χ4n) is 4.14. The van der Waals surface area contributed by atoms with E-state index < -0.39 is 0 Å². The van der Waals surface area contributed by atoms with Crippen LogP contribution in [0.2, 0.25) is 0 Å². The SMILES string of the molecule is Cc1cccc(C)c1N=C1C=C(c2ccccc2)OC1=Nc1c(C)cccc1-c1ccccc1. The van der Waals surface area contributed by atoms with Gasteiger partial charge in [-0.05, 0) is 43.0 Å². The summed E-state index contributed by atoms with van der Waals surface area (Å²) in [5.41, 5.74) is 9.06. The van der Waals surface area contributed by atoms with Gasteiger partial charge in [0.1, 0.15) is 11.5 Å². The lowest BCUT2D eigenvalue weighted by atomic mass is 10.0. The highest BCUT2D eigenvalue weighted by molar-refractivity contribution is 6.48. The average Bonchev–Trinajstić information content (AvgIpc) is 3.26. The second-order valence-electron chi connectivity index (χ2n) is 8.47. The van der Waals surface area contributed by atoms with Crippen molar-refractivity contribution >= 4 is 28.7 Å². The lowest BCUT2D eigenvalue weighted by molar-refractivity contribution is 0.526. The third-order valence-electron chi connectivity index (χ3n) is 5.96. The first kappa shape index (κ1) is 21.6. The molecule has 0 bridgehead atoms. The molecule has 0 aliphatic carbocycles. The van der Waals surface area contributed by atoms with Crippen molar-refractivity contribution in [3.8, 4) is 11.1 Å². The van der Waals surface area contributed by atoms with E-state index in [2.05, 4.69) is 69.3 Å². The predicted octanol–water partition coefficient (Wildman–Crippen LogP) is 8.15. The summed E-state index contributed by atoms with van der Waals surface area (Å²) in [5, 5.41) is 0. The standard InChI is InChI=1S/C31H26N2O/c1-21-12-10-13-22(2)29(21)32-27-20-28(25-17-8-5-9-18-25)34-31(27)33-30-23(3)14-11-19-26(30)24-15-6-4-7-16-24/h4-20H,1-3H3. The third-order valence-corrected chi connectivity index (χ3v) is 5.96. The number of ether oxygens (including phenoxy) is 1. The Morgan fingerprint density at radius 1 is 0.529 bits per heavy atom. The Kier molecular flexibility index (Phi) is 5.92. The van der Waals surface area contributed by atoms with E-state index in [-0.39, 0.29) is 0 Å². The first-order chi connectivity index (χ1) is 16.6. The molecule has 0 amide bonds. The smallest absolute Gasteiger partial charge is 0.246 e. The Hall–Kier alpha value is -4.24. The monoisotopic (exact) mass is 442 g/mol. The maximum absolute atomic E-state index is 6.34. The fourth-order valence-corrected chi connectivity index (χ4v) is 4.14. The molecular weight excluding hydrogens is 416 g/mol. The van der Waals surface area contributed by atoms with Crippen LogP contribution >= 0.6 is 0 Å². The van der Waals surface area contributed by atoms with Crippen LogP contribution in [0.4, 0.5) is 11.4 Å². The molecule has 1 aliphatic heterocycles. The Balaban J connectivity index is 1.67. The number of aryl methyl sites for hydroxylation is 3. The van der Waals surface area contributed by atoms with Crippen molar-refractivity contribution in [2.75, 3.05) is 0 Å². The Labute approximate surface area is 200 Å². The van der Waals surface area contributed by atoms with Gasteiger partial charge in [0.25, 0.3) is 0 Å². The second kappa shape index (κ2) is 9.32. The summed E-state index contributed by atoms with van der Waals surface area (Å²) in [6.07, 6.45) is 1.99. The van der Waals surface area contributed by atoms with Crippen LogP contribution in [0.3, 0.4) is 0 Å². The molecule has 0 aromatic heterocycles. The first-order valence-electron chi connectivity index (χ1n) is 11.4. The molecule has 1 heterocycles. The number of hydrogen-bond donors (Lipinski definition) is 0. The molecule has 0 N–H and O–H groups in total. The van der Waals surface area contributed by atoms with Gasteiger partial charge in [0, 0.05) is 17.2 Å². The molecular formula is C31H26N2O. The van der Waals surface area contributed by atoms with E-state index in [1.165, 1.54) is 0 Å². The summed E-state index contributed by atoms with van der Waals surface area (Å²) in [6.45, 7) is 6.24. The average molecular weight is 443 g/mol. The zero-order valence-electron chi connectivity index (χ0n) is 19.6. The zero-order chi connectivity index (χ0) is 23.5. The molecule has 0 atom stereocenters. The van der Waals surface area contributed by atoms with Crippen molar-refractivity contribution in [2.24, 2.45) is 9.98 Å². The second-order valence-corrected chi connectivity index (χ2v) is 8.47. The van der Waals surface area contributed by atoms with Crippen LogP contribution in [-0.2, 0) is 4.74 Å². The summed E-state index contributed by atoms with van der Waals surface area (Å²) in [4.78, 5) is 10.1. The largest absolute Gasteiger partial charge is 0.436 e. The van der Waals surface area contributed by atoms with Crippen LogP contribution in [0.25, 0.3) is 16.9 Å². The minimum Gasteiger partial charge on any atom is -0.436 e. The first-order valence-corrected chi connectivity index (χ1v) is 11.4. The fraction of sp³-hybridized carbons (Fsp3) is 0.0968. The van der Waals surface area contributed by atoms with Gasteiger partial charge in [-0.25, -0.2) is 9.98 Å². The van der Waals surface area contributed by atoms with E-state index >= 15 is 0 Å². The van der Waals surface area contributed by atoms with Crippen molar-refractivity contribution in [3.05, 3.63) is 125 Å². The lowest BCUT2D eigenvalue weighted by Gasteiger charge is -2.11. The highest BCUT2D eigenvalue weighted by atomic mass is 16.5. The van der Waals surface area contributed by atoms with Gasteiger partial charge < -0.3 is 4.74 Å². The number of nitrogens with zero attached hydrogens (tertiary/aromatic N) is 2. The van der Waals surface area contributed by atoms with Gasteiger partial charge in [0.05, 0.1) is 11.4 Å². The maximum atomic E-state index is 6.34. The molecule has 166 valence electrons. The molecule has 5 rings (SSSR count). The van der Waals surface area contributed by atoms with Crippen LogP contribution in [0.5, 0.6) is 0 Å². The molecule has 0 spiro atoms. The zero-order valence-corrected chi connectivity index (χ0v) is 19.6. The van der Waals surface area contributed by atoms with Gasteiger partial charge in [-0.2, -0.15) is 0 Å². The van der Waals surface area contributed by atoms with E-state index in [4.69, 9.17) is 14.7 Å². The van der Waals surface area contributed by atoms with Gasteiger partial charge in [-0.1, -0.05) is 97.1 Å². The molecule has 34 heavy (non-hydrogen) atoms. The molecule has 0 unspecified atom stereocenters. The molecule has 1 aliphatic rings. The number of para-hydroxylation sites is 2. The molecule has 4 aromatic carbocycles. The van der Waals surface area contributed by atoms with Crippen molar-refractivity contribution in [1.82, 2.24) is 0 Å². The van der Waals surface area contributed by atoms with E-state index in [0.717, 1.165) is 56.2 Å². The molecule has 3 heteroatoms.